The van der Waals surface area contributed by atoms with E-state index in [1.54, 1.807) is 29.5 Å². The second kappa shape index (κ2) is 8.77. The van der Waals surface area contributed by atoms with Crippen LogP contribution in [0.15, 0.2) is 40.9 Å². The summed E-state index contributed by atoms with van der Waals surface area (Å²) in [6.45, 7) is 0.598. The zero-order chi connectivity index (χ0) is 18.5. The summed E-state index contributed by atoms with van der Waals surface area (Å²) in [5.74, 6) is 6.57. The number of benzene rings is 1. The van der Waals surface area contributed by atoms with Crippen molar-refractivity contribution in [1.29, 1.82) is 0 Å². The second-order valence-electron chi connectivity index (χ2n) is 5.27. The van der Waals surface area contributed by atoms with Crippen molar-refractivity contribution in [3.63, 3.8) is 0 Å². The number of nitrogens with two attached hydrogens (primary N) is 1. The van der Waals surface area contributed by atoms with Crippen molar-refractivity contribution in [1.82, 2.24) is 20.2 Å². The minimum atomic E-state index is -0.0827. The summed E-state index contributed by atoms with van der Waals surface area (Å²) in [5, 5.41) is 14.4. The van der Waals surface area contributed by atoms with E-state index in [1.807, 2.05) is 17.5 Å². The first kappa shape index (κ1) is 19.0. The van der Waals surface area contributed by atoms with E-state index in [1.165, 1.54) is 21.3 Å². The lowest BCUT2D eigenvalue weighted by Gasteiger charge is -2.06. The van der Waals surface area contributed by atoms with Gasteiger partial charge in [0.1, 0.15) is 0 Å². The van der Waals surface area contributed by atoms with Crippen molar-refractivity contribution in [3.8, 4) is 11.4 Å². The third-order valence-electron chi connectivity index (χ3n) is 3.44. The van der Waals surface area contributed by atoms with Gasteiger partial charge < -0.3 is 11.2 Å². The van der Waals surface area contributed by atoms with E-state index >= 15 is 0 Å². The summed E-state index contributed by atoms with van der Waals surface area (Å²) < 4.78 is 1.32. The van der Waals surface area contributed by atoms with Gasteiger partial charge in [-0.2, -0.15) is 0 Å². The molecule has 0 aliphatic rings. The van der Waals surface area contributed by atoms with Crippen LogP contribution in [0.1, 0.15) is 4.88 Å². The van der Waals surface area contributed by atoms with Gasteiger partial charge in [-0.15, -0.1) is 21.5 Å². The summed E-state index contributed by atoms with van der Waals surface area (Å²) in [6.07, 6.45) is 0.820. The third-order valence-corrected chi connectivity index (χ3v) is 5.87. The summed E-state index contributed by atoms with van der Waals surface area (Å²) in [4.78, 5) is 13.2. The maximum atomic E-state index is 12.0. The van der Waals surface area contributed by atoms with E-state index < -0.39 is 0 Å². The number of rotatable bonds is 7. The Morgan fingerprint density at radius 3 is 2.88 bits per heavy atom. The van der Waals surface area contributed by atoms with Crippen LogP contribution in [-0.4, -0.2) is 33.1 Å². The Balaban J connectivity index is 1.55. The van der Waals surface area contributed by atoms with Crippen LogP contribution in [0.3, 0.4) is 0 Å². The lowest BCUT2D eigenvalue weighted by atomic mass is 10.2. The first-order chi connectivity index (χ1) is 12.5. The molecule has 26 heavy (non-hydrogen) atoms. The second-order valence-corrected chi connectivity index (χ2v) is 8.09. The standard InChI is InChI=1S/C16H15Cl2N5OS2/c17-10-3-4-12(13(18)8-10)15-21-22-16(23(15)19)26-9-14(24)20-6-5-11-2-1-7-25-11/h1-4,7-8H,5-6,9,19H2,(H,20,24). The minimum absolute atomic E-state index is 0.0827. The monoisotopic (exact) mass is 427 g/mol. The fourth-order valence-corrected chi connectivity index (χ4v) is 4.08. The van der Waals surface area contributed by atoms with Crippen LogP contribution in [0.25, 0.3) is 11.4 Å². The number of hydrogen-bond acceptors (Lipinski definition) is 6. The zero-order valence-electron chi connectivity index (χ0n) is 13.5. The van der Waals surface area contributed by atoms with Crippen molar-refractivity contribution in [3.05, 3.63) is 50.6 Å². The lowest BCUT2D eigenvalue weighted by molar-refractivity contribution is -0.118. The molecule has 1 amide bonds. The maximum absolute atomic E-state index is 12.0. The minimum Gasteiger partial charge on any atom is -0.355 e. The molecular formula is C16H15Cl2N5OS2. The number of nitrogens with one attached hydrogen (secondary N) is 1. The normalized spacial score (nSPS) is 10.8. The van der Waals surface area contributed by atoms with E-state index in [0.717, 1.165) is 6.42 Å². The summed E-state index contributed by atoms with van der Waals surface area (Å²) >= 11 is 15.0. The molecule has 0 saturated carbocycles. The van der Waals surface area contributed by atoms with Crippen LogP contribution in [-0.2, 0) is 11.2 Å². The van der Waals surface area contributed by atoms with Gasteiger partial charge >= 0.3 is 0 Å². The van der Waals surface area contributed by atoms with E-state index in [0.29, 0.717) is 33.1 Å². The molecule has 0 atom stereocenters. The number of nitrogen functional groups attached to an aromatic ring is 1. The van der Waals surface area contributed by atoms with Crippen LogP contribution < -0.4 is 11.2 Å². The molecule has 2 heterocycles. The Kier molecular flexibility index (Phi) is 6.42. The number of thioether (sulfide) groups is 1. The highest BCUT2D eigenvalue weighted by molar-refractivity contribution is 7.99. The molecule has 3 rings (SSSR count). The van der Waals surface area contributed by atoms with E-state index in [4.69, 9.17) is 29.0 Å². The molecule has 0 aliphatic heterocycles. The fourth-order valence-electron chi connectivity index (χ4n) is 2.19. The lowest BCUT2D eigenvalue weighted by Crippen LogP contribution is -2.27. The number of carbonyl (C=O) groups is 1. The highest BCUT2D eigenvalue weighted by Gasteiger charge is 2.16. The van der Waals surface area contributed by atoms with E-state index in [2.05, 4.69) is 15.5 Å². The van der Waals surface area contributed by atoms with Crippen molar-refractivity contribution < 1.29 is 4.79 Å². The molecule has 0 aliphatic carbocycles. The van der Waals surface area contributed by atoms with Crippen LogP contribution in [0.2, 0.25) is 10.0 Å². The molecular weight excluding hydrogens is 413 g/mol. The average molecular weight is 428 g/mol. The van der Waals surface area contributed by atoms with Gasteiger partial charge in [-0.3, -0.25) is 4.79 Å². The summed E-state index contributed by atoms with van der Waals surface area (Å²) in [6, 6.07) is 9.08. The van der Waals surface area contributed by atoms with Crippen molar-refractivity contribution >= 4 is 52.2 Å². The number of nitrogens with zero attached hydrogens (tertiary/aromatic N) is 3. The Labute approximate surface area is 168 Å². The van der Waals surface area contributed by atoms with Crippen molar-refractivity contribution in [2.75, 3.05) is 18.1 Å². The Hall–Kier alpha value is -1.74. The first-order valence-electron chi connectivity index (χ1n) is 7.62. The topological polar surface area (TPSA) is 85.8 Å². The van der Waals surface area contributed by atoms with Crippen LogP contribution in [0, 0.1) is 0 Å². The SMILES string of the molecule is Nn1c(SCC(=O)NCCc2cccs2)nnc1-c1ccc(Cl)cc1Cl. The predicted octanol–water partition coefficient (Wildman–Crippen LogP) is 3.48. The van der Waals surface area contributed by atoms with Crippen LogP contribution in [0.4, 0.5) is 0 Å². The molecule has 10 heteroatoms. The van der Waals surface area contributed by atoms with Gasteiger partial charge in [-0.25, -0.2) is 4.68 Å². The highest BCUT2D eigenvalue weighted by atomic mass is 35.5. The number of carbonyl (C=O) groups excluding carboxylic acids is 1. The molecule has 6 nitrogen and oxygen atoms in total. The number of thiophene rings is 1. The summed E-state index contributed by atoms with van der Waals surface area (Å²) in [5.41, 5.74) is 0.623. The van der Waals surface area contributed by atoms with Gasteiger partial charge in [0, 0.05) is 22.0 Å². The van der Waals surface area contributed by atoms with Gasteiger partial charge in [0.25, 0.3) is 0 Å². The van der Waals surface area contributed by atoms with Crippen LogP contribution in [0.5, 0.6) is 0 Å². The van der Waals surface area contributed by atoms with Crippen molar-refractivity contribution in [2.24, 2.45) is 0 Å². The predicted molar refractivity (Wildman–Crippen MR) is 107 cm³/mol. The molecule has 3 N–H and O–H groups in total. The molecule has 0 spiro atoms. The Bertz CT molecular complexity index is 898. The smallest absolute Gasteiger partial charge is 0.230 e. The first-order valence-corrected chi connectivity index (χ1v) is 10.2. The molecule has 3 aromatic rings. The van der Waals surface area contributed by atoms with Gasteiger partial charge in [-0.1, -0.05) is 41.0 Å². The van der Waals surface area contributed by atoms with Crippen molar-refractivity contribution in [2.45, 2.75) is 11.6 Å². The fraction of sp³-hybridized carbons (Fsp3) is 0.188. The molecule has 0 radical (unpaired) electrons. The van der Waals surface area contributed by atoms with Gasteiger partial charge in [0.05, 0.1) is 10.8 Å². The van der Waals surface area contributed by atoms with E-state index in [-0.39, 0.29) is 11.7 Å². The maximum Gasteiger partial charge on any atom is 0.230 e. The summed E-state index contributed by atoms with van der Waals surface area (Å²) in [7, 11) is 0. The highest BCUT2D eigenvalue weighted by Crippen LogP contribution is 2.30. The largest absolute Gasteiger partial charge is 0.355 e. The van der Waals surface area contributed by atoms with Crippen LogP contribution >= 0.6 is 46.3 Å². The number of halogens is 2. The molecule has 2 aromatic heterocycles. The molecule has 136 valence electrons. The average Bonchev–Trinajstić information content (AvgIpc) is 3.24. The Morgan fingerprint density at radius 2 is 2.15 bits per heavy atom. The zero-order valence-corrected chi connectivity index (χ0v) is 16.6. The quantitative estimate of drug-likeness (QED) is 0.445. The van der Waals surface area contributed by atoms with E-state index in [9.17, 15) is 4.79 Å². The number of amides is 1. The molecule has 0 fully saturated rings. The number of aromatic nitrogens is 3. The van der Waals surface area contributed by atoms with Gasteiger partial charge in [0.2, 0.25) is 11.1 Å². The molecule has 0 unspecified atom stereocenters. The molecule has 0 saturated heterocycles. The number of hydrogen-bond donors (Lipinski definition) is 2. The Morgan fingerprint density at radius 1 is 1.31 bits per heavy atom. The van der Waals surface area contributed by atoms with Gasteiger partial charge in [0.15, 0.2) is 5.82 Å². The molecule has 0 bridgehead atoms. The molecule has 1 aromatic carbocycles. The third kappa shape index (κ3) is 4.70. The van der Waals surface area contributed by atoms with Gasteiger partial charge in [-0.05, 0) is 36.1 Å².